The van der Waals surface area contributed by atoms with Crippen molar-refractivity contribution in [3.8, 4) is 0 Å². The van der Waals surface area contributed by atoms with E-state index >= 15 is 0 Å². The van der Waals surface area contributed by atoms with Crippen LogP contribution in [0.2, 0.25) is 5.02 Å². The maximum atomic E-state index is 13.7. The van der Waals surface area contributed by atoms with Gasteiger partial charge >= 0.3 is 0 Å². The van der Waals surface area contributed by atoms with Crippen molar-refractivity contribution in [2.75, 3.05) is 0 Å². The molecule has 94 valence electrons. The van der Waals surface area contributed by atoms with Crippen LogP contribution in [0.3, 0.4) is 0 Å². The van der Waals surface area contributed by atoms with Crippen LogP contribution in [-0.4, -0.2) is 0 Å². The molecule has 0 radical (unpaired) electrons. The van der Waals surface area contributed by atoms with E-state index in [1.54, 1.807) is 24.3 Å². The molecule has 0 aliphatic rings. The molecule has 0 saturated carbocycles. The van der Waals surface area contributed by atoms with E-state index in [0.717, 1.165) is 11.8 Å². The van der Waals surface area contributed by atoms with Gasteiger partial charge in [-0.3, -0.25) is 0 Å². The van der Waals surface area contributed by atoms with Gasteiger partial charge < -0.3 is 5.73 Å². The van der Waals surface area contributed by atoms with E-state index < -0.39 is 11.6 Å². The molecule has 0 unspecified atom stereocenters. The Bertz CT molecular complexity index is 552. The highest BCUT2D eigenvalue weighted by Crippen LogP contribution is 2.33. The first kappa shape index (κ1) is 13.3. The van der Waals surface area contributed by atoms with Gasteiger partial charge in [0, 0.05) is 16.5 Å². The minimum Gasteiger partial charge on any atom is -0.326 e. The molecule has 0 amide bonds. The van der Waals surface area contributed by atoms with E-state index in [2.05, 4.69) is 0 Å². The highest BCUT2D eigenvalue weighted by molar-refractivity contribution is 7.99. The van der Waals surface area contributed by atoms with Crippen molar-refractivity contribution in [2.24, 2.45) is 5.73 Å². The van der Waals surface area contributed by atoms with Crippen molar-refractivity contribution in [1.29, 1.82) is 0 Å². The van der Waals surface area contributed by atoms with E-state index in [1.165, 1.54) is 12.1 Å². The molecule has 0 aliphatic heterocycles. The molecule has 2 aromatic carbocycles. The van der Waals surface area contributed by atoms with Crippen LogP contribution in [0.4, 0.5) is 8.78 Å². The number of nitrogens with two attached hydrogens (primary N) is 1. The highest BCUT2D eigenvalue weighted by atomic mass is 35.5. The monoisotopic (exact) mass is 285 g/mol. The van der Waals surface area contributed by atoms with Crippen LogP contribution in [0.15, 0.2) is 46.2 Å². The second-order valence-electron chi connectivity index (χ2n) is 3.65. The molecule has 0 aliphatic carbocycles. The minimum atomic E-state index is -0.611. The molecule has 0 bridgehead atoms. The van der Waals surface area contributed by atoms with Gasteiger partial charge in [0.05, 0.1) is 4.90 Å². The van der Waals surface area contributed by atoms with Crippen molar-refractivity contribution in [3.05, 3.63) is 58.6 Å². The summed E-state index contributed by atoms with van der Waals surface area (Å²) in [6, 6.07) is 9.32. The summed E-state index contributed by atoms with van der Waals surface area (Å²) in [5, 5.41) is 0.527. The Kier molecular flexibility index (Phi) is 4.22. The fourth-order valence-corrected chi connectivity index (χ4v) is 2.61. The van der Waals surface area contributed by atoms with Gasteiger partial charge in [0.25, 0.3) is 0 Å². The van der Waals surface area contributed by atoms with Crippen molar-refractivity contribution in [1.82, 2.24) is 0 Å². The fraction of sp³-hybridized carbons (Fsp3) is 0.0769. The van der Waals surface area contributed by atoms with Crippen LogP contribution >= 0.6 is 23.4 Å². The minimum absolute atomic E-state index is 0.0468. The van der Waals surface area contributed by atoms with Crippen LogP contribution in [0, 0.1) is 11.6 Å². The predicted molar refractivity (Wildman–Crippen MR) is 69.8 cm³/mol. The van der Waals surface area contributed by atoms with Crippen molar-refractivity contribution in [2.45, 2.75) is 16.3 Å². The summed E-state index contributed by atoms with van der Waals surface area (Å²) in [4.78, 5) is 0.635. The maximum absolute atomic E-state index is 13.7. The van der Waals surface area contributed by atoms with Gasteiger partial charge in [-0.2, -0.15) is 0 Å². The van der Waals surface area contributed by atoms with E-state index in [1.807, 2.05) is 0 Å². The summed E-state index contributed by atoms with van der Waals surface area (Å²) in [7, 11) is 0. The zero-order valence-corrected chi connectivity index (χ0v) is 10.9. The largest absolute Gasteiger partial charge is 0.326 e. The Hall–Kier alpha value is -1.10. The third kappa shape index (κ3) is 3.02. The van der Waals surface area contributed by atoms with Gasteiger partial charge in [-0.1, -0.05) is 29.4 Å². The molecule has 0 heterocycles. The van der Waals surface area contributed by atoms with Gasteiger partial charge in [-0.25, -0.2) is 8.78 Å². The Balaban J connectivity index is 2.35. The number of hydrogen-bond donors (Lipinski definition) is 1. The molecule has 0 aromatic heterocycles. The standard InChI is InChI=1S/C13H10ClF2NS/c14-9-2-1-3-10(6-9)18-13-11(15)4-8(7-17)5-12(13)16/h1-6H,7,17H2. The average Bonchev–Trinajstić information content (AvgIpc) is 2.33. The number of halogens is 3. The Morgan fingerprint density at radius 3 is 2.33 bits per heavy atom. The van der Waals surface area contributed by atoms with Crippen LogP contribution in [0.25, 0.3) is 0 Å². The van der Waals surface area contributed by atoms with E-state index in [4.69, 9.17) is 17.3 Å². The van der Waals surface area contributed by atoms with Crippen LogP contribution in [-0.2, 0) is 6.54 Å². The lowest BCUT2D eigenvalue weighted by atomic mass is 10.2. The summed E-state index contributed by atoms with van der Waals surface area (Å²) >= 11 is 6.82. The molecular weight excluding hydrogens is 276 g/mol. The normalized spacial score (nSPS) is 10.7. The first-order valence-electron chi connectivity index (χ1n) is 5.21. The second-order valence-corrected chi connectivity index (χ2v) is 5.17. The molecule has 0 saturated heterocycles. The molecule has 0 atom stereocenters. The second kappa shape index (κ2) is 5.69. The van der Waals surface area contributed by atoms with Gasteiger partial charge in [0.2, 0.25) is 0 Å². The Morgan fingerprint density at radius 2 is 1.78 bits per heavy atom. The summed E-state index contributed by atoms with van der Waals surface area (Å²) in [6.45, 7) is 0.107. The summed E-state index contributed by atoms with van der Waals surface area (Å²) in [6.07, 6.45) is 0. The molecule has 18 heavy (non-hydrogen) atoms. The summed E-state index contributed by atoms with van der Waals surface area (Å²) < 4.78 is 27.5. The zero-order chi connectivity index (χ0) is 13.1. The zero-order valence-electron chi connectivity index (χ0n) is 9.29. The lowest BCUT2D eigenvalue weighted by Crippen LogP contribution is -1.99. The topological polar surface area (TPSA) is 26.0 Å². The van der Waals surface area contributed by atoms with E-state index in [9.17, 15) is 8.78 Å². The SMILES string of the molecule is NCc1cc(F)c(Sc2cccc(Cl)c2)c(F)c1. The summed E-state index contributed by atoms with van der Waals surface area (Å²) in [5.41, 5.74) is 5.78. The number of hydrogen-bond acceptors (Lipinski definition) is 2. The highest BCUT2D eigenvalue weighted by Gasteiger charge is 2.12. The Morgan fingerprint density at radius 1 is 1.11 bits per heavy atom. The van der Waals surface area contributed by atoms with E-state index in [-0.39, 0.29) is 11.4 Å². The summed E-state index contributed by atoms with van der Waals surface area (Å²) in [5.74, 6) is -1.22. The van der Waals surface area contributed by atoms with E-state index in [0.29, 0.717) is 15.5 Å². The maximum Gasteiger partial charge on any atom is 0.140 e. The van der Waals surface area contributed by atoms with Crippen molar-refractivity contribution < 1.29 is 8.78 Å². The van der Waals surface area contributed by atoms with Crippen molar-refractivity contribution >= 4 is 23.4 Å². The van der Waals surface area contributed by atoms with Crippen LogP contribution in [0.1, 0.15) is 5.56 Å². The molecule has 5 heteroatoms. The molecule has 1 nitrogen and oxygen atoms in total. The van der Waals surface area contributed by atoms with Crippen LogP contribution < -0.4 is 5.73 Å². The smallest absolute Gasteiger partial charge is 0.140 e. The third-order valence-corrected chi connectivity index (χ3v) is 3.63. The predicted octanol–water partition coefficient (Wildman–Crippen LogP) is 4.23. The van der Waals surface area contributed by atoms with Crippen molar-refractivity contribution in [3.63, 3.8) is 0 Å². The fourth-order valence-electron chi connectivity index (χ4n) is 1.48. The van der Waals surface area contributed by atoms with Gasteiger partial charge in [-0.15, -0.1) is 0 Å². The third-order valence-electron chi connectivity index (χ3n) is 2.31. The lowest BCUT2D eigenvalue weighted by Gasteiger charge is -2.07. The number of rotatable bonds is 3. The van der Waals surface area contributed by atoms with Crippen LogP contribution in [0.5, 0.6) is 0 Å². The molecule has 0 spiro atoms. The lowest BCUT2D eigenvalue weighted by molar-refractivity contribution is 0.537. The molecule has 2 aromatic rings. The first-order chi connectivity index (χ1) is 8.60. The van der Waals surface area contributed by atoms with Gasteiger partial charge in [0.15, 0.2) is 0 Å². The molecule has 0 fully saturated rings. The number of benzene rings is 2. The molecule has 2 rings (SSSR count). The Labute approximate surface area is 113 Å². The quantitative estimate of drug-likeness (QED) is 0.913. The van der Waals surface area contributed by atoms with Gasteiger partial charge in [-0.05, 0) is 35.9 Å². The molecule has 2 N–H and O–H groups in total. The van der Waals surface area contributed by atoms with Gasteiger partial charge in [0.1, 0.15) is 11.6 Å². The average molecular weight is 286 g/mol. The molecular formula is C13H10ClF2NS. The first-order valence-corrected chi connectivity index (χ1v) is 6.41.